The number of ether oxygens (including phenoxy) is 1. The van der Waals surface area contributed by atoms with Crippen molar-refractivity contribution >= 4 is 5.78 Å². The van der Waals surface area contributed by atoms with Gasteiger partial charge in [0.25, 0.3) is 0 Å². The highest BCUT2D eigenvalue weighted by atomic mass is 16.5. The highest BCUT2D eigenvalue weighted by Gasteiger charge is 2.26. The molecule has 0 saturated carbocycles. The standard InChI is InChI=1S/C16H18O2/c1-11(2)13-9-15(17)12(3)16(10-13)18-14-7-5-4-6-8-14/h4-8,13H,1,9-10H2,2-3H3/t13-/m1/s1. The summed E-state index contributed by atoms with van der Waals surface area (Å²) >= 11 is 0. The van der Waals surface area contributed by atoms with Gasteiger partial charge in [-0.3, -0.25) is 4.79 Å². The lowest BCUT2D eigenvalue weighted by Gasteiger charge is -2.25. The molecule has 1 atom stereocenters. The van der Waals surface area contributed by atoms with Crippen molar-refractivity contribution in [2.75, 3.05) is 0 Å². The van der Waals surface area contributed by atoms with Crippen LogP contribution in [-0.4, -0.2) is 5.78 Å². The zero-order chi connectivity index (χ0) is 13.1. The quantitative estimate of drug-likeness (QED) is 0.751. The summed E-state index contributed by atoms with van der Waals surface area (Å²) in [5, 5.41) is 0. The molecular formula is C16H18O2. The van der Waals surface area contributed by atoms with E-state index in [2.05, 4.69) is 6.58 Å². The molecule has 1 aliphatic carbocycles. The van der Waals surface area contributed by atoms with Crippen LogP contribution in [0.2, 0.25) is 0 Å². The molecule has 18 heavy (non-hydrogen) atoms. The van der Waals surface area contributed by atoms with Gasteiger partial charge in [0, 0.05) is 18.4 Å². The van der Waals surface area contributed by atoms with Gasteiger partial charge in [-0.05, 0) is 31.9 Å². The number of Topliss-reactive ketones (excluding diaryl/α,β-unsaturated/α-hetero) is 1. The monoisotopic (exact) mass is 242 g/mol. The second-order valence-corrected chi connectivity index (χ2v) is 4.84. The Bertz CT molecular complexity index is 497. The molecule has 0 radical (unpaired) electrons. The van der Waals surface area contributed by atoms with Gasteiger partial charge in [-0.25, -0.2) is 0 Å². The van der Waals surface area contributed by atoms with E-state index in [-0.39, 0.29) is 11.7 Å². The van der Waals surface area contributed by atoms with Crippen molar-refractivity contribution < 1.29 is 9.53 Å². The zero-order valence-corrected chi connectivity index (χ0v) is 10.9. The summed E-state index contributed by atoms with van der Waals surface area (Å²) in [4.78, 5) is 11.9. The van der Waals surface area contributed by atoms with Crippen molar-refractivity contribution in [2.24, 2.45) is 5.92 Å². The van der Waals surface area contributed by atoms with Crippen LogP contribution in [0, 0.1) is 5.92 Å². The number of carbonyl (C=O) groups is 1. The number of hydrogen-bond acceptors (Lipinski definition) is 2. The Morgan fingerprint density at radius 1 is 1.28 bits per heavy atom. The molecule has 0 bridgehead atoms. The van der Waals surface area contributed by atoms with E-state index in [9.17, 15) is 4.79 Å². The molecule has 0 N–H and O–H groups in total. The van der Waals surface area contributed by atoms with Crippen LogP contribution >= 0.6 is 0 Å². The van der Waals surface area contributed by atoms with E-state index in [4.69, 9.17) is 4.74 Å². The molecule has 0 fully saturated rings. The summed E-state index contributed by atoms with van der Waals surface area (Å²) in [6.45, 7) is 7.76. The number of benzene rings is 1. The molecule has 1 aliphatic rings. The van der Waals surface area contributed by atoms with E-state index < -0.39 is 0 Å². The van der Waals surface area contributed by atoms with Crippen LogP contribution in [0.1, 0.15) is 26.7 Å². The Morgan fingerprint density at radius 3 is 2.56 bits per heavy atom. The third-order valence-corrected chi connectivity index (χ3v) is 3.38. The number of carbonyl (C=O) groups excluding carboxylic acids is 1. The van der Waals surface area contributed by atoms with Crippen LogP contribution in [0.5, 0.6) is 5.75 Å². The third kappa shape index (κ3) is 2.70. The average molecular weight is 242 g/mol. The Hall–Kier alpha value is -1.83. The lowest BCUT2D eigenvalue weighted by atomic mass is 9.84. The second-order valence-electron chi connectivity index (χ2n) is 4.84. The fourth-order valence-corrected chi connectivity index (χ4v) is 2.08. The number of allylic oxidation sites excluding steroid dienone is 3. The van der Waals surface area contributed by atoms with Crippen molar-refractivity contribution in [1.29, 1.82) is 0 Å². The Morgan fingerprint density at radius 2 is 1.94 bits per heavy atom. The molecule has 0 amide bonds. The first-order valence-electron chi connectivity index (χ1n) is 6.19. The van der Waals surface area contributed by atoms with Gasteiger partial charge in [-0.15, -0.1) is 0 Å². The fraction of sp³-hybridized carbons (Fsp3) is 0.312. The smallest absolute Gasteiger partial charge is 0.162 e. The molecule has 1 aromatic rings. The maximum Gasteiger partial charge on any atom is 0.162 e. The van der Waals surface area contributed by atoms with Gasteiger partial charge in [0.2, 0.25) is 0 Å². The largest absolute Gasteiger partial charge is 0.461 e. The average Bonchev–Trinajstić information content (AvgIpc) is 2.35. The number of para-hydroxylation sites is 1. The van der Waals surface area contributed by atoms with Crippen LogP contribution in [0.4, 0.5) is 0 Å². The van der Waals surface area contributed by atoms with E-state index in [1.807, 2.05) is 44.2 Å². The lowest BCUT2D eigenvalue weighted by molar-refractivity contribution is -0.116. The second kappa shape index (κ2) is 5.21. The minimum atomic E-state index is 0.167. The van der Waals surface area contributed by atoms with E-state index >= 15 is 0 Å². The van der Waals surface area contributed by atoms with Crippen molar-refractivity contribution in [3.05, 3.63) is 53.8 Å². The first kappa shape index (κ1) is 12.6. The van der Waals surface area contributed by atoms with Crippen molar-refractivity contribution in [2.45, 2.75) is 26.7 Å². The number of hydrogen-bond donors (Lipinski definition) is 0. The van der Waals surface area contributed by atoms with Crippen molar-refractivity contribution in [3.8, 4) is 5.75 Å². The summed E-state index contributed by atoms with van der Waals surface area (Å²) < 4.78 is 5.84. The molecule has 94 valence electrons. The topological polar surface area (TPSA) is 26.3 Å². The SMILES string of the molecule is C=C(C)[C@@H]1CC(=O)C(C)=C(Oc2ccccc2)C1. The normalized spacial score (nSPS) is 19.9. The first-order chi connectivity index (χ1) is 8.58. The third-order valence-electron chi connectivity index (χ3n) is 3.38. The highest BCUT2D eigenvalue weighted by Crippen LogP contribution is 2.32. The van der Waals surface area contributed by atoms with E-state index in [1.165, 1.54) is 0 Å². The number of rotatable bonds is 3. The summed E-state index contributed by atoms with van der Waals surface area (Å²) in [6.07, 6.45) is 1.32. The summed E-state index contributed by atoms with van der Waals surface area (Å²) in [6, 6.07) is 9.58. The molecule has 0 spiro atoms. The van der Waals surface area contributed by atoms with Crippen LogP contribution in [0.15, 0.2) is 53.8 Å². The van der Waals surface area contributed by atoms with Gasteiger partial charge in [0.1, 0.15) is 11.5 Å². The van der Waals surface area contributed by atoms with Gasteiger partial charge >= 0.3 is 0 Å². The van der Waals surface area contributed by atoms with Crippen LogP contribution < -0.4 is 4.74 Å². The molecule has 0 saturated heterocycles. The number of ketones is 1. The van der Waals surface area contributed by atoms with Crippen LogP contribution in [0.3, 0.4) is 0 Å². The minimum Gasteiger partial charge on any atom is -0.461 e. The van der Waals surface area contributed by atoms with E-state index in [1.54, 1.807) is 0 Å². The van der Waals surface area contributed by atoms with Gasteiger partial charge in [0.15, 0.2) is 5.78 Å². The Labute approximate surface area is 108 Å². The zero-order valence-electron chi connectivity index (χ0n) is 10.9. The van der Waals surface area contributed by atoms with Gasteiger partial charge < -0.3 is 4.74 Å². The van der Waals surface area contributed by atoms with Crippen molar-refractivity contribution in [1.82, 2.24) is 0 Å². The molecular weight excluding hydrogens is 224 g/mol. The molecule has 2 nitrogen and oxygen atoms in total. The Balaban J connectivity index is 2.22. The maximum atomic E-state index is 11.9. The lowest BCUT2D eigenvalue weighted by Crippen LogP contribution is -2.21. The first-order valence-corrected chi connectivity index (χ1v) is 6.19. The van der Waals surface area contributed by atoms with Gasteiger partial charge in [0.05, 0.1) is 0 Å². The summed E-state index contributed by atoms with van der Waals surface area (Å²) in [7, 11) is 0. The summed E-state index contributed by atoms with van der Waals surface area (Å²) in [5.41, 5.74) is 1.79. The van der Waals surface area contributed by atoms with Gasteiger partial charge in [-0.2, -0.15) is 0 Å². The van der Waals surface area contributed by atoms with Crippen molar-refractivity contribution in [3.63, 3.8) is 0 Å². The molecule has 1 aromatic carbocycles. The van der Waals surface area contributed by atoms with Crippen LogP contribution in [-0.2, 0) is 4.79 Å². The fourth-order valence-electron chi connectivity index (χ4n) is 2.08. The predicted octanol–water partition coefficient (Wildman–Crippen LogP) is 3.89. The molecule has 0 aromatic heterocycles. The molecule has 0 unspecified atom stereocenters. The molecule has 2 rings (SSSR count). The highest BCUT2D eigenvalue weighted by molar-refractivity contribution is 5.96. The minimum absolute atomic E-state index is 0.167. The molecule has 2 heteroatoms. The maximum absolute atomic E-state index is 11.9. The van der Waals surface area contributed by atoms with E-state index in [0.29, 0.717) is 6.42 Å². The van der Waals surface area contributed by atoms with Gasteiger partial charge in [-0.1, -0.05) is 30.4 Å². The molecule has 0 heterocycles. The predicted molar refractivity (Wildman–Crippen MR) is 72.3 cm³/mol. The van der Waals surface area contributed by atoms with Crippen LogP contribution in [0.25, 0.3) is 0 Å². The van der Waals surface area contributed by atoms with E-state index in [0.717, 1.165) is 29.1 Å². The summed E-state index contributed by atoms with van der Waals surface area (Å²) in [5.74, 6) is 1.94. The Kier molecular flexibility index (Phi) is 3.66. The molecule has 0 aliphatic heterocycles.